The first-order valence-corrected chi connectivity index (χ1v) is 5.67. The average molecular weight is 262 g/mol. The van der Waals surface area contributed by atoms with E-state index >= 15 is 0 Å². The zero-order chi connectivity index (χ0) is 12.3. The van der Waals surface area contributed by atoms with Gasteiger partial charge in [-0.15, -0.1) is 6.58 Å². The molecule has 0 aliphatic carbocycles. The number of hydrogen-bond acceptors (Lipinski definition) is 3. The Kier molecular flexibility index (Phi) is 6.55. The fourth-order valence-electron chi connectivity index (χ4n) is 1.84. The number of nitrogens with zero attached hydrogens (tertiary/aromatic N) is 2. The maximum Gasteiger partial charge on any atom is 1.00 e. The van der Waals surface area contributed by atoms with Crippen molar-refractivity contribution in [2.24, 2.45) is 10.4 Å². The summed E-state index contributed by atoms with van der Waals surface area (Å²) in [6.45, 7) is 7.49. The van der Waals surface area contributed by atoms with Crippen molar-refractivity contribution in [3.63, 3.8) is 0 Å². The molecule has 1 aliphatic heterocycles. The predicted molar refractivity (Wildman–Crippen MR) is 64.7 cm³/mol. The molecule has 1 aliphatic rings. The number of carbonyl (C=O) groups is 2. The SMILES string of the molecule is C=CCN1C(=O)C(CC)(CC)C(=O)N=C1[S-].[Na+]. The van der Waals surface area contributed by atoms with Crippen LogP contribution in [0.4, 0.5) is 0 Å². The Morgan fingerprint density at radius 3 is 2.35 bits per heavy atom. The van der Waals surface area contributed by atoms with E-state index in [2.05, 4.69) is 11.6 Å². The van der Waals surface area contributed by atoms with Crippen molar-refractivity contribution in [2.75, 3.05) is 6.54 Å². The van der Waals surface area contributed by atoms with Gasteiger partial charge in [-0.2, -0.15) is 0 Å². The van der Waals surface area contributed by atoms with Gasteiger partial charge in [-0.3, -0.25) is 9.59 Å². The molecule has 0 aromatic rings. The zero-order valence-electron chi connectivity index (χ0n) is 10.5. The quantitative estimate of drug-likeness (QED) is 0.261. The van der Waals surface area contributed by atoms with Crippen LogP contribution in [0.2, 0.25) is 0 Å². The summed E-state index contributed by atoms with van der Waals surface area (Å²) < 4.78 is 0. The maximum absolute atomic E-state index is 12.2. The van der Waals surface area contributed by atoms with Crippen LogP contribution in [0.3, 0.4) is 0 Å². The van der Waals surface area contributed by atoms with Gasteiger partial charge >= 0.3 is 29.6 Å². The summed E-state index contributed by atoms with van der Waals surface area (Å²) in [5.74, 6) is -0.657. The molecular weight excluding hydrogens is 247 g/mol. The minimum Gasteiger partial charge on any atom is -0.742 e. The van der Waals surface area contributed by atoms with Crippen molar-refractivity contribution in [1.82, 2.24) is 4.90 Å². The van der Waals surface area contributed by atoms with Crippen LogP contribution in [-0.4, -0.2) is 28.4 Å². The minimum atomic E-state index is -1.02. The van der Waals surface area contributed by atoms with Gasteiger partial charge in [0.2, 0.25) is 5.91 Å². The van der Waals surface area contributed by atoms with Crippen LogP contribution in [-0.2, 0) is 22.2 Å². The van der Waals surface area contributed by atoms with Gasteiger partial charge in [-0.1, -0.05) is 19.9 Å². The summed E-state index contributed by atoms with van der Waals surface area (Å²) in [6, 6.07) is 0. The monoisotopic (exact) mass is 262 g/mol. The summed E-state index contributed by atoms with van der Waals surface area (Å²) in [6.07, 6.45) is 2.47. The van der Waals surface area contributed by atoms with E-state index in [0.29, 0.717) is 19.4 Å². The Hall–Kier alpha value is -0.230. The molecule has 6 heteroatoms. The molecule has 0 bridgehead atoms. The minimum absolute atomic E-state index is 0. The van der Waals surface area contributed by atoms with E-state index in [1.807, 2.05) is 13.8 Å². The van der Waals surface area contributed by atoms with E-state index in [9.17, 15) is 9.59 Å². The second-order valence-corrected chi connectivity index (χ2v) is 4.06. The standard InChI is InChI=1S/C11H16N2O2S.Na/c1-4-7-13-9(15)11(5-2,6-3)8(14)12-10(13)16;/h4H,1,5-7H2,2-3H3,(H,12,14,16);/q;+1/p-1. The van der Waals surface area contributed by atoms with Gasteiger partial charge in [0.1, 0.15) is 5.41 Å². The summed E-state index contributed by atoms with van der Waals surface area (Å²) in [5, 5.41) is 0.0485. The Labute approximate surface area is 129 Å². The fourth-order valence-corrected chi connectivity index (χ4v) is 2.08. The molecule has 0 saturated heterocycles. The molecule has 0 atom stereocenters. The largest absolute Gasteiger partial charge is 1.00 e. The summed E-state index contributed by atoms with van der Waals surface area (Å²) in [5.41, 5.74) is -1.02. The molecule has 4 nitrogen and oxygen atoms in total. The molecule has 0 fully saturated rings. The van der Waals surface area contributed by atoms with Crippen molar-refractivity contribution in [2.45, 2.75) is 26.7 Å². The Bertz CT molecular complexity index is 364. The van der Waals surface area contributed by atoms with Crippen molar-refractivity contribution in [3.8, 4) is 0 Å². The molecule has 1 rings (SSSR count). The second-order valence-electron chi connectivity index (χ2n) is 3.69. The van der Waals surface area contributed by atoms with Crippen molar-refractivity contribution >= 4 is 29.6 Å². The van der Waals surface area contributed by atoms with Crippen LogP contribution in [0.15, 0.2) is 17.6 Å². The fraction of sp³-hybridized carbons (Fsp3) is 0.545. The van der Waals surface area contributed by atoms with Crippen LogP contribution < -0.4 is 29.6 Å². The number of aliphatic imine (C=N–C) groups is 1. The number of carbonyl (C=O) groups excluding carboxylic acids is 2. The number of amidine groups is 1. The molecule has 0 N–H and O–H groups in total. The van der Waals surface area contributed by atoms with Gasteiger partial charge in [-0.05, 0) is 18.0 Å². The van der Waals surface area contributed by atoms with E-state index in [0.717, 1.165) is 0 Å². The third-order valence-corrected chi connectivity index (χ3v) is 3.32. The number of rotatable bonds is 4. The smallest absolute Gasteiger partial charge is 0.742 e. The Morgan fingerprint density at radius 1 is 1.41 bits per heavy atom. The molecule has 0 aromatic carbocycles. The Morgan fingerprint density at radius 2 is 1.94 bits per heavy atom. The molecule has 0 unspecified atom stereocenters. The topological polar surface area (TPSA) is 49.7 Å². The first kappa shape index (κ1) is 16.8. The maximum atomic E-state index is 12.2. The van der Waals surface area contributed by atoms with E-state index in [-0.39, 0.29) is 40.6 Å². The molecule has 1 heterocycles. The average Bonchev–Trinajstić information content (AvgIpc) is 2.26. The van der Waals surface area contributed by atoms with Gasteiger partial charge in [0.25, 0.3) is 5.91 Å². The molecule has 0 aromatic heterocycles. The molecule has 0 saturated carbocycles. The van der Waals surface area contributed by atoms with Crippen LogP contribution in [0.25, 0.3) is 0 Å². The summed E-state index contributed by atoms with van der Waals surface area (Å²) >= 11 is 4.91. The third kappa shape index (κ3) is 2.78. The van der Waals surface area contributed by atoms with E-state index in [1.54, 1.807) is 6.08 Å². The van der Waals surface area contributed by atoms with E-state index in [4.69, 9.17) is 12.6 Å². The predicted octanol–water partition coefficient (Wildman–Crippen LogP) is -1.75. The van der Waals surface area contributed by atoms with E-state index < -0.39 is 11.3 Å². The molecule has 0 radical (unpaired) electrons. The molecule has 0 spiro atoms. The normalized spacial score (nSPS) is 18.5. The van der Waals surface area contributed by atoms with Crippen molar-refractivity contribution in [3.05, 3.63) is 12.7 Å². The molecule has 2 amide bonds. The van der Waals surface area contributed by atoms with Gasteiger partial charge in [0.05, 0.1) is 0 Å². The van der Waals surface area contributed by atoms with E-state index in [1.165, 1.54) is 4.90 Å². The van der Waals surface area contributed by atoms with Gasteiger partial charge in [0.15, 0.2) is 0 Å². The summed E-state index contributed by atoms with van der Waals surface area (Å²) in [4.78, 5) is 29.2. The van der Waals surface area contributed by atoms with Crippen LogP contribution in [0.5, 0.6) is 0 Å². The third-order valence-electron chi connectivity index (χ3n) is 3.01. The van der Waals surface area contributed by atoms with Crippen LogP contribution in [0.1, 0.15) is 26.7 Å². The van der Waals surface area contributed by atoms with Gasteiger partial charge in [-0.25, -0.2) is 4.99 Å². The Balaban J connectivity index is 0.00000256. The zero-order valence-corrected chi connectivity index (χ0v) is 13.3. The molecule has 17 heavy (non-hydrogen) atoms. The van der Waals surface area contributed by atoms with Crippen LogP contribution >= 0.6 is 0 Å². The first-order valence-electron chi connectivity index (χ1n) is 5.26. The molecular formula is C11H15N2NaO2S. The summed E-state index contributed by atoms with van der Waals surface area (Å²) in [7, 11) is 0. The van der Waals surface area contributed by atoms with Crippen LogP contribution in [0, 0.1) is 5.41 Å². The second kappa shape index (κ2) is 6.64. The van der Waals surface area contributed by atoms with Gasteiger partial charge < -0.3 is 17.5 Å². The molecule has 88 valence electrons. The number of hydrogen-bond donors (Lipinski definition) is 0. The van der Waals surface area contributed by atoms with Crippen molar-refractivity contribution < 1.29 is 39.1 Å². The number of amides is 2. The van der Waals surface area contributed by atoms with Crippen molar-refractivity contribution in [1.29, 1.82) is 0 Å². The first-order chi connectivity index (χ1) is 7.53. The van der Waals surface area contributed by atoms with Gasteiger partial charge in [0, 0.05) is 6.54 Å².